The normalized spacial score (nSPS) is 18.4. The van der Waals surface area contributed by atoms with E-state index in [0.29, 0.717) is 45.8 Å². The van der Waals surface area contributed by atoms with Crippen molar-refractivity contribution >= 4 is 35.4 Å². The van der Waals surface area contributed by atoms with E-state index < -0.39 is 47.2 Å². The summed E-state index contributed by atoms with van der Waals surface area (Å²) in [5.74, 6) is -3.30. The fourth-order valence-corrected chi connectivity index (χ4v) is 5.32. The second-order valence-corrected chi connectivity index (χ2v) is 14.0. The Balaban J connectivity index is 3.50. The highest BCUT2D eigenvalue weighted by Gasteiger charge is 2.33. The minimum absolute atomic E-state index is 0.0146. The molecular formula is C32H56N4O10. The van der Waals surface area contributed by atoms with Crippen molar-refractivity contribution in [1.82, 2.24) is 19.6 Å². The Morgan fingerprint density at radius 2 is 1.00 bits per heavy atom. The van der Waals surface area contributed by atoms with Crippen LogP contribution in [0.3, 0.4) is 0 Å². The van der Waals surface area contributed by atoms with Crippen LogP contribution in [0.1, 0.15) is 81.1 Å². The molecule has 2 atom stereocenters. The van der Waals surface area contributed by atoms with Gasteiger partial charge in [0, 0.05) is 65.2 Å². The molecule has 14 heteroatoms. The van der Waals surface area contributed by atoms with Crippen LogP contribution in [-0.4, -0.2) is 154 Å². The number of ether oxygens (including phenoxy) is 2. The predicted molar refractivity (Wildman–Crippen MR) is 170 cm³/mol. The van der Waals surface area contributed by atoms with Gasteiger partial charge < -0.3 is 19.7 Å². The Morgan fingerprint density at radius 1 is 0.609 bits per heavy atom. The van der Waals surface area contributed by atoms with Gasteiger partial charge in [-0.2, -0.15) is 0 Å². The fourth-order valence-electron chi connectivity index (χ4n) is 5.32. The topological polar surface area (TPSA) is 174 Å². The van der Waals surface area contributed by atoms with Crippen molar-refractivity contribution in [2.45, 2.75) is 104 Å². The standard InChI is InChI=1S/C32H56N4O10/c1-23(37)21-33-13-17-35(25(24(2)38)9-11-27(39)40)18-15-34(22-29(43)45-31(3,4)5)16-20-36(19-14-33)26(10-12-28(41)42)30(44)46-32(6,7)8/h25-26H,9-22H2,1-8H3,(H,39,40)(H,41,42). The summed E-state index contributed by atoms with van der Waals surface area (Å²) in [5.41, 5.74) is -1.51. The van der Waals surface area contributed by atoms with E-state index in [0.717, 1.165) is 0 Å². The predicted octanol–water partition coefficient (Wildman–Crippen LogP) is 1.54. The SMILES string of the molecule is CC(=O)CN1CCN(C(CCC(=O)O)C(C)=O)CCN(CC(=O)OC(C)(C)C)CCN(C(CCC(=O)O)C(=O)OC(C)(C)C)CC1. The third-order valence-corrected chi connectivity index (χ3v) is 7.33. The number of carboxylic acid groups (broad SMARTS) is 2. The van der Waals surface area contributed by atoms with Gasteiger partial charge in [-0.15, -0.1) is 0 Å². The van der Waals surface area contributed by atoms with Crippen LogP contribution in [0, 0.1) is 0 Å². The van der Waals surface area contributed by atoms with Gasteiger partial charge in [0.1, 0.15) is 28.8 Å². The quantitative estimate of drug-likeness (QED) is 0.258. The first-order valence-corrected chi connectivity index (χ1v) is 16.0. The molecule has 0 radical (unpaired) electrons. The first kappa shape index (κ1) is 41.1. The molecule has 2 unspecified atom stereocenters. The second kappa shape index (κ2) is 19.0. The zero-order valence-electron chi connectivity index (χ0n) is 29.0. The molecule has 0 aliphatic carbocycles. The molecule has 1 rings (SSSR count). The molecule has 14 nitrogen and oxygen atoms in total. The summed E-state index contributed by atoms with van der Waals surface area (Å²) in [6, 6.07) is -1.54. The van der Waals surface area contributed by atoms with Gasteiger partial charge in [0.05, 0.1) is 19.1 Å². The average molecular weight is 657 g/mol. The number of esters is 2. The molecule has 1 fully saturated rings. The van der Waals surface area contributed by atoms with Crippen molar-refractivity contribution in [3.8, 4) is 0 Å². The fraction of sp³-hybridized carbons (Fsp3) is 0.812. The summed E-state index contributed by atoms with van der Waals surface area (Å²) in [7, 11) is 0. The van der Waals surface area contributed by atoms with Crippen LogP contribution >= 0.6 is 0 Å². The summed E-state index contributed by atoms with van der Waals surface area (Å²) < 4.78 is 11.3. The molecule has 0 aromatic rings. The lowest BCUT2D eigenvalue weighted by Gasteiger charge is -2.38. The van der Waals surface area contributed by atoms with Crippen LogP contribution < -0.4 is 0 Å². The zero-order valence-corrected chi connectivity index (χ0v) is 29.0. The van der Waals surface area contributed by atoms with Crippen LogP contribution in [0.4, 0.5) is 0 Å². The summed E-state index contributed by atoms with van der Waals surface area (Å²) >= 11 is 0. The van der Waals surface area contributed by atoms with E-state index in [4.69, 9.17) is 9.47 Å². The molecule has 46 heavy (non-hydrogen) atoms. The Labute approximate surface area is 273 Å². The number of carboxylic acids is 2. The minimum atomic E-state index is -1.05. The summed E-state index contributed by atoms with van der Waals surface area (Å²) in [4.78, 5) is 81.7. The molecule has 0 aromatic carbocycles. The van der Waals surface area contributed by atoms with Crippen LogP contribution in [0.25, 0.3) is 0 Å². The number of hydrogen-bond acceptors (Lipinski definition) is 12. The Bertz CT molecular complexity index is 1050. The average Bonchev–Trinajstić information content (AvgIpc) is 2.86. The van der Waals surface area contributed by atoms with Crippen molar-refractivity contribution in [3.05, 3.63) is 0 Å². The highest BCUT2D eigenvalue weighted by atomic mass is 16.6. The Kier molecular flexibility index (Phi) is 17.0. The largest absolute Gasteiger partial charge is 0.481 e. The minimum Gasteiger partial charge on any atom is -0.481 e. The summed E-state index contributed by atoms with van der Waals surface area (Å²) in [6.45, 7) is 16.1. The molecule has 1 heterocycles. The first-order chi connectivity index (χ1) is 21.2. The number of carbonyl (C=O) groups is 6. The van der Waals surface area contributed by atoms with Crippen LogP contribution in [0.15, 0.2) is 0 Å². The number of aliphatic carboxylic acids is 2. The van der Waals surface area contributed by atoms with Crippen molar-refractivity contribution in [2.75, 3.05) is 65.4 Å². The lowest BCUT2D eigenvalue weighted by molar-refractivity contribution is -0.163. The van der Waals surface area contributed by atoms with Crippen LogP contribution in [-0.2, 0) is 38.2 Å². The molecule has 1 aliphatic rings. The molecular weight excluding hydrogens is 600 g/mol. The number of hydrogen-bond donors (Lipinski definition) is 2. The first-order valence-electron chi connectivity index (χ1n) is 16.0. The number of Topliss-reactive ketones (excluding diaryl/α,β-unsaturated/α-hetero) is 2. The maximum atomic E-state index is 13.4. The smallest absolute Gasteiger partial charge is 0.323 e. The maximum absolute atomic E-state index is 13.4. The van der Waals surface area contributed by atoms with E-state index in [1.165, 1.54) is 13.8 Å². The molecule has 2 N–H and O–H groups in total. The van der Waals surface area contributed by atoms with Gasteiger partial charge in [0.2, 0.25) is 0 Å². The second-order valence-electron chi connectivity index (χ2n) is 14.0. The van der Waals surface area contributed by atoms with Gasteiger partial charge in [-0.3, -0.25) is 48.4 Å². The Hall–Kier alpha value is -2.94. The van der Waals surface area contributed by atoms with Crippen molar-refractivity contribution in [1.29, 1.82) is 0 Å². The maximum Gasteiger partial charge on any atom is 0.323 e. The number of nitrogens with zero attached hydrogens (tertiary/aromatic N) is 4. The van der Waals surface area contributed by atoms with E-state index in [-0.39, 0.29) is 56.9 Å². The van der Waals surface area contributed by atoms with Crippen molar-refractivity contribution in [2.24, 2.45) is 0 Å². The van der Waals surface area contributed by atoms with Crippen LogP contribution in [0.2, 0.25) is 0 Å². The number of carbonyl (C=O) groups excluding carboxylic acids is 4. The summed E-state index contributed by atoms with van der Waals surface area (Å²) in [5, 5.41) is 18.7. The van der Waals surface area contributed by atoms with Gasteiger partial charge >= 0.3 is 23.9 Å². The van der Waals surface area contributed by atoms with Crippen molar-refractivity contribution < 1.29 is 48.5 Å². The van der Waals surface area contributed by atoms with E-state index in [1.807, 2.05) is 19.6 Å². The van der Waals surface area contributed by atoms with E-state index in [2.05, 4.69) is 0 Å². The Morgan fingerprint density at radius 3 is 1.37 bits per heavy atom. The molecule has 1 saturated heterocycles. The lowest BCUT2D eigenvalue weighted by atomic mass is 10.1. The van der Waals surface area contributed by atoms with E-state index >= 15 is 0 Å². The van der Waals surface area contributed by atoms with Gasteiger partial charge in [-0.1, -0.05) is 0 Å². The number of ketones is 2. The highest BCUT2D eigenvalue weighted by molar-refractivity contribution is 5.82. The zero-order chi connectivity index (χ0) is 35.2. The highest BCUT2D eigenvalue weighted by Crippen LogP contribution is 2.17. The van der Waals surface area contributed by atoms with Gasteiger partial charge in [-0.05, 0) is 68.2 Å². The number of rotatable bonds is 14. The molecule has 1 aliphatic heterocycles. The van der Waals surface area contributed by atoms with E-state index in [9.17, 15) is 39.0 Å². The summed E-state index contributed by atoms with van der Waals surface area (Å²) in [6.07, 6.45) is -0.299. The van der Waals surface area contributed by atoms with Gasteiger partial charge in [0.15, 0.2) is 0 Å². The molecule has 0 saturated carbocycles. The monoisotopic (exact) mass is 656 g/mol. The third kappa shape index (κ3) is 17.7. The van der Waals surface area contributed by atoms with Crippen LogP contribution in [0.5, 0.6) is 0 Å². The van der Waals surface area contributed by atoms with Gasteiger partial charge in [0.25, 0.3) is 0 Å². The van der Waals surface area contributed by atoms with Crippen molar-refractivity contribution in [3.63, 3.8) is 0 Å². The molecule has 0 aromatic heterocycles. The molecule has 0 amide bonds. The lowest BCUT2D eigenvalue weighted by Crippen LogP contribution is -2.54. The molecule has 0 spiro atoms. The molecule has 264 valence electrons. The molecule has 0 bridgehead atoms. The van der Waals surface area contributed by atoms with E-state index in [1.54, 1.807) is 41.5 Å². The third-order valence-electron chi connectivity index (χ3n) is 7.33. The van der Waals surface area contributed by atoms with Gasteiger partial charge in [-0.25, -0.2) is 0 Å².